The van der Waals surface area contributed by atoms with Gasteiger partial charge in [0, 0.05) is 10.5 Å². The highest BCUT2D eigenvalue weighted by Crippen LogP contribution is 2.29. The van der Waals surface area contributed by atoms with Gasteiger partial charge in [0.1, 0.15) is 6.10 Å². The normalized spacial score (nSPS) is 13.7. The van der Waals surface area contributed by atoms with E-state index in [2.05, 4.69) is 11.3 Å². The highest BCUT2D eigenvalue weighted by Gasteiger charge is 2.32. The smallest absolute Gasteiger partial charge is 0.303 e. The van der Waals surface area contributed by atoms with Gasteiger partial charge < -0.3 is 4.74 Å². The molecule has 0 aliphatic heterocycles. The molecule has 0 saturated heterocycles. The highest BCUT2D eigenvalue weighted by molar-refractivity contribution is 14.1. The molecule has 0 amide bonds. The van der Waals surface area contributed by atoms with Crippen molar-refractivity contribution in [3.05, 3.63) is 75.9 Å². The molecule has 2 aromatic rings. The molecular weight excluding hydrogens is 465 g/mol. The second kappa shape index (κ2) is 8.79. The van der Waals surface area contributed by atoms with Gasteiger partial charge in [0.25, 0.3) is 0 Å². The number of carbonyl (C=O) groups excluding carboxylic acids is 1. The van der Waals surface area contributed by atoms with Gasteiger partial charge in [0.2, 0.25) is 10.0 Å². The van der Waals surface area contributed by atoms with Crippen LogP contribution in [-0.4, -0.2) is 20.4 Å². The summed E-state index contributed by atoms with van der Waals surface area (Å²) in [5.41, 5.74) is 1.64. The maximum absolute atomic E-state index is 12.8. The van der Waals surface area contributed by atoms with Crippen LogP contribution in [0.15, 0.2) is 69.7 Å². The zero-order chi connectivity index (χ0) is 19.3. The van der Waals surface area contributed by atoms with Gasteiger partial charge in [-0.1, -0.05) is 54.6 Å². The Bertz CT molecular complexity index is 880. The van der Waals surface area contributed by atoms with Crippen molar-refractivity contribution in [1.29, 1.82) is 0 Å². The summed E-state index contributed by atoms with van der Waals surface area (Å²) < 4.78 is 34.1. The Morgan fingerprint density at radius 2 is 1.69 bits per heavy atom. The predicted octanol–water partition coefficient (Wildman–Crippen LogP) is 3.90. The van der Waals surface area contributed by atoms with Gasteiger partial charge >= 0.3 is 5.97 Å². The lowest BCUT2D eigenvalue weighted by atomic mass is 10.0. The van der Waals surface area contributed by atoms with Crippen molar-refractivity contribution in [2.45, 2.75) is 30.9 Å². The summed E-state index contributed by atoms with van der Waals surface area (Å²) in [6.45, 7) is 7.04. The van der Waals surface area contributed by atoms with Gasteiger partial charge in [-0.15, -0.1) is 0 Å². The first kappa shape index (κ1) is 20.6. The summed E-state index contributed by atoms with van der Waals surface area (Å²) >= 11 is 1.95. The third-order valence-electron chi connectivity index (χ3n) is 3.67. The average Bonchev–Trinajstić information content (AvgIpc) is 2.58. The minimum atomic E-state index is -3.82. The summed E-state index contributed by atoms with van der Waals surface area (Å²) in [6, 6.07) is 14.7. The molecule has 0 unspecified atom stereocenters. The first-order valence-electron chi connectivity index (χ1n) is 7.86. The minimum absolute atomic E-state index is 0.139. The Morgan fingerprint density at radius 3 is 2.19 bits per heavy atom. The van der Waals surface area contributed by atoms with Gasteiger partial charge in [-0.05, 0) is 47.2 Å². The van der Waals surface area contributed by atoms with E-state index in [4.69, 9.17) is 4.74 Å². The maximum Gasteiger partial charge on any atom is 0.303 e. The van der Waals surface area contributed by atoms with Crippen molar-refractivity contribution in [3.8, 4) is 0 Å². The SMILES string of the molecule is C=C(I)[C@@H](NS(=O)(=O)c1ccc(C)cc1)[C@H](OC(C)=O)c1ccccc1. The Kier molecular flexibility index (Phi) is 6.96. The molecule has 0 aromatic heterocycles. The molecule has 0 radical (unpaired) electrons. The lowest BCUT2D eigenvalue weighted by Crippen LogP contribution is -2.40. The van der Waals surface area contributed by atoms with Crippen LogP contribution >= 0.6 is 22.6 Å². The maximum atomic E-state index is 12.8. The highest BCUT2D eigenvalue weighted by atomic mass is 127. The number of rotatable bonds is 7. The molecule has 2 atom stereocenters. The number of esters is 1. The van der Waals surface area contributed by atoms with Gasteiger partial charge in [0.05, 0.1) is 10.9 Å². The number of sulfonamides is 1. The molecule has 0 aliphatic rings. The first-order valence-corrected chi connectivity index (χ1v) is 10.4. The van der Waals surface area contributed by atoms with E-state index in [1.807, 2.05) is 35.6 Å². The third kappa shape index (κ3) is 5.39. The second-order valence-electron chi connectivity index (χ2n) is 5.80. The summed E-state index contributed by atoms with van der Waals surface area (Å²) in [5, 5.41) is 0. The topological polar surface area (TPSA) is 72.5 Å². The van der Waals surface area contributed by atoms with Gasteiger partial charge in [-0.25, -0.2) is 8.42 Å². The van der Waals surface area contributed by atoms with Crippen molar-refractivity contribution in [1.82, 2.24) is 4.72 Å². The van der Waals surface area contributed by atoms with Crippen LogP contribution in [0.4, 0.5) is 0 Å². The third-order valence-corrected chi connectivity index (χ3v) is 5.80. The fourth-order valence-corrected chi connectivity index (χ4v) is 4.32. The van der Waals surface area contributed by atoms with Crippen LogP contribution in [0, 0.1) is 6.92 Å². The van der Waals surface area contributed by atoms with E-state index in [0.29, 0.717) is 9.14 Å². The number of ether oxygens (including phenoxy) is 1. The summed E-state index contributed by atoms with van der Waals surface area (Å²) in [4.78, 5) is 11.7. The van der Waals surface area contributed by atoms with Crippen LogP contribution in [-0.2, 0) is 19.6 Å². The molecule has 2 aromatic carbocycles. The molecule has 0 fully saturated rings. The largest absolute Gasteiger partial charge is 0.456 e. The molecule has 7 heteroatoms. The quantitative estimate of drug-likeness (QED) is 0.477. The molecule has 1 N–H and O–H groups in total. The van der Waals surface area contributed by atoms with E-state index in [1.54, 1.807) is 36.4 Å². The molecule has 5 nitrogen and oxygen atoms in total. The molecule has 138 valence electrons. The number of hydrogen-bond acceptors (Lipinski definition) is 4. The van der Waals surface area contributed by atoms with Gasteiger partial charge in [-0.2, -0.15) is 4.72 Å². The van der Waals surface area contributed by atoms with E-state index in [-0.39, 0.29) is 4.90 Å². The van der Waals surface area contributed by atoms with Crippen LogP contribution in [0.25, 0.3) is 0 Å². The van der Waals surface area contributed by atoms with Crippen molar-refractivity contribution in [2.75, 3.05) is 0 Å². The van der Waals surface area contributed by atoms with Crippen LogP contribution in [0.1, 0.15) is 24.2 Å². The minimum Gasteiger partial charge on any atom is -0.456 e. The van der Waals surface area contributed by atoms with Gasteiger partial charge in [0.15, 0.2) is 0 Å². The molecular formula is C19H20INO4S. The van der Waals surface area contributed by atoms with Crippen LogP contribution in [0.5, 0.6) is 0 Å². The molecule has 0 saturated carbocycles. The van der Waals surface area contributed by atoms with Gasteiger partial charge in [-0.3, -0.25) is 4.79 Å². The van der Waals surface area contributed by atoms with Crippen molar-refractivity contribution in [2.24, 2.45) is 0 Å². The number of halogens is 1. The average molecular weight is 485 g/mol. The Morgan fingerprint density at radius 1 is 1.12 bits per heavy atom. The number of benzene rings is 2. The Hall–Kier alpha value is -1.71. The summed E-state index contributed by atoms with van der Waals surface area (Å²) in [6.07, 6.45) is -0.821. The van der Waals surface area contributed by atoms with E-state index in [0.717, 1.165) is 5.56 Å². The summed E-state index contributed by atoms with van der Waals surface area (Å²) in [5.74, 6) is -0.504. The van der Waals surface area contributed by atoms with E-state index in [1.165, 1.54) is 19.1 Å². The van der Waals surface area contributed by atoms with Crippen LogP contribution in [0.2, 0.25) is 0 Å². The van der Waals surface area contributed by atoms with E-state index < -0.39 is 28.1 Å². The molecule has 26 heavy (non-hydrogen) atoms. The zero-order valence-corrected chi connectivity index (χ0v) is 17.5. The zero-order valence-electron chi connectivity index (χ0n) is 14.5. The Labute approximate surface area is 167 Å². The fraction of sp³-hybridized carbons (Fsp3) is 0.211. The van der Waals surface area contributed by atoms with Crippen LogP contribution < -0.4 is 4.72 Å². The number of nitrogens with one attached hydrogen (secondary N) is 1. The molecule has 2 rings (SSSR count). The number of hydrogen-bond donors (Lipinski definition) is 1. The lowest BCUT2D eigenvalue weighted by molar-refractivity contribution is -0.147. The van der Waals surface area contributed by atoms with E-state index in [9.17, 15) is 13.2 Å². The standard InChI is InChI=1S/C19H20INO4S/c1-13-9-11-17(12-10-13)26(23,24)21-18(14(2)20)19(25-15(3)22)16-7-5-4-6-8-16/h4-12,18-19,21H,2H2,1,3H3/t18-,19-/m1/s1. The van der Waals surface area contributed by atoms with Crippen molar-refractivity contribution >= 4 is 38.6 Å². The number of aryl methyl sites for hydroxylation is 1. The van der Waals surface area contributed by atoms with Crippen molar-refractivity contribution in [3.63, 3.8) is 0 Å². The first-order chi connectivity index (χ1) is 12.2. The molecule has 0 heterocycles. The molecule has 0 spiro atoms. The number of carbonyl (C=O) groups is 1. The van der Waals surface area contributed by atoms with Crippen LogP contribution in [0.3, 0.4) is 0 Å². The monoisotopic (exact) mass is 485 g/mol. The van der Waals surface area contributed by atoms with E-state index >= 15 is 0 Å². The second-order valence-corrected chi connectivity index (χ2v) is 8.90. The molecule has 0 bridgehead atoms. The summed E-state index contributed by atoms with van der Waals surface area (Å²) in [7, 11) is -3.82. The van der Waals surface area contributed by atoms with Crippen molar-refractivity contribution < 1.29 is 17.9 Å². The Balaban J connectivity index is 2.40. The lowest BCUT2D eigenvalue weighted by Gasteiger charge is -2.27. The predicted molar refractivity (Wildman–Crippen MR) is 109 cm³/mol. The fourth-order valence-electron chi connectivity index (χ4n) is 2.39. The molecule has 0 aliphatic carbocycles.